The van der Waals surface area contributed by atoms with E-state index in [2.05, 4.69) is 5.32 Å². The Kier molecular flexibility index (Phi) is 6.64. The summed E-state index contributed by atoms with van der Waals surface area (Å²) in [5.41, 5.74) is 1.76. The van der Waals surface area contributed by atoms with Crippen LogP contribution in [0.15, 0.2) is 42.5 Å². The summed E-state index contributed by atoms with van der Waals surface area (Å²) in [4.78, 5) is 14.8. The summed E-state index contributed by atoms with van der Waals surface area (Å²) in [6, 6.07) is 12.4. The highest BCUT2D eigenvalue weighted by Gasteiger charge is 2.31. The monoisotopic (exact) mass is 406 g/mol. The Morgan fingerprint density at radius 3 is 2.70 bits per heavy atom. The molecular weight excluding hydrogens is 383 g/mol. The smallest absolute Gasteiger partial charge is 0.227 e. The van der Waals surface area contributed by atoms with E-state index in [0.29, 0.717) is 10.0 Å². The summed E-state index contributed by atoms with van der Waals surface area (Å²) < 4.78 is 0. The van der Waals surface area contributed by atoms with Gasteiger partial charge in [-0.25, -0.2) is 0 Å². The van der Waals surface area contributed by atoms with Crippen molar-refractivity contribution in [2.24, 2.45) is 0 Å². The molecule has 6 heteroatoms. The van der Waals surface area contributed by atoms with E-state index in [-0.39, 0.29) is 30.2 Å². The molecule has 1 saturated heterocycles. The van der Waals surface area contributed by atoms with Crippen LogP contribution in [0.1, 0.15) is 36.4 Å². The predicted octanol–water partition coefficient (Wildman–Crippen LogP) is 4.58. The van der Waals surface area contributed by atoms with E-state index in [4.69, 9.17) is 23.2 Å². The van der Waals surface area contributed by atoms with Crippen LogP contribution in [0.25, 0.3) is 0 Å². The van der Waals surface area contributed by atoms with Crippen LogP contribution in [0.3, 0.4) is 0 Å². The largest absolute Gasteiger partial charge is 0.508 e. The Hall–Kier alpha value is -1.75. The lowest BCUT2D eigenvalue weighted by molar-refractivity contribution is -0.132. The molecule has 27 heavy (non-hydrogen) atoms. The summed E-state index contributed by atoms with van der Waals surface area (Å²) in [7, 11) is 1.82. The average Bonchev–Trinajstić information content (AvgIpc) is 2.66. The van der Waals surface area contributed by atoms with Gasteiger partial charge in [0, 0.05) is 13.1 Å². The van der Waals surface area contributed by atoms with Gasteiger partial charge in [-0.05, 0) is 54.8 Å². The number of carbonyl (C=O) groups is 1. The second kappa shape index (κ2) is 8.96. The van der Waals surface area contributed by atoms with Gasteiger partial charge in [0.05, 0.1) is 22.5 Å². The van der Waals surface area contributed by atoms with Gasteiger partial charge in [0.1, 0.15) is 5.75 Å². The number of nitrogens with one attached hydrogen (secondary N) is 1. The van der Waals surface area contributed by atoms with E-state index in [1.54, 1.807) is 29.2 Å². The fourth-order valence-electron chi connectivity index (χ4n) is 3.69. The molecule has 0 radical (unpaired) electrons. The first-order valence-corrected chi connectivity index (χ1v) is 9.93. The van der Waals surface area contributed by atoms with Crippen molar-refractivity contribution >= 4 is 29.1 Å². The molecule has 0 spiro atoms. The van der Waals surface area contributed by atoms with Gasteiger partial charge in [0.2, 0.25) is 5.91 Å². The standard InChI is InChI=1S/C21H24Cl2N2O2/c1-25(20(27)12-14-8-9-17(22)18(23)11-14)21(19-7-2-3-10-24-19)15-5-4-6-16(26)13-15/h4-6,8-9,11,13,19,21,24,26H,2-3,7,10,12H2,1H3. The SMILES string of the molecule is CN(C(=O)Cc1ccc(Cl)c(Cl)c1)C(c1cccc(O)c1)C1CCCCN1. The number of likely N-dealkylation sites (N-methyl/N-ethyl adjacent to an activating group) is 1. The number of carbonyl (C=O) groups excluding carboxylic acids is 1. The van der Waals surface area contributed by atoms with Crippen molar-refractivity contribution in [1.29, 1.82) is 0 Å². The number of amides is 1. The van der Waals surface area contributed by atoms with Gasteiger partial charge in [0.25, 0.3) is 0 Å². The highest BCUT2D eigenvalue weighted by Crippen LogP contribution is 2.31. The number of hydrogen-bond donors (Lipinski definition) is 2. The highest BCUT2D eigenvalue weighted by molar-refractivity contribution is 6.42. The molecule has 2 unspecified atom stereocenters. The fraction of sp³-hybridized carbons (Fsp3) is 0.381. The minimum Gasteiger partial charge on any atom is -0.508 e. The summed E-state index contributed by atoms with van der Waals surface area (Å²) in [5, 5.41) is 14.4. The molecule has 0 aromatic heterocycles. The van der Waals surface area contributed by atoms with Gasteiger partial charge in [0.15, 0.2) is 0 Å². The van der Waals surface area contributed by atoms with Crippen molar-refractivity contribution < 1.29 is 9.90 Å². The third kappa shape index (κ3) is 4.95. The van der Waals surface area contributed by atoms with Crippen LogP contribution in [0, 0.1) is 0 Å². The quantitative estimate of drug-likeness (QED) is 0.763. The number of halogens is 2. The maximum atomic E-state index is 13.0. The van der Waals surface area contributed by atoms with E-state index in [1.807, 2.05) is 25.2 Å². The molecule has 2 N–H and O–H groups in total. The maximum Gasteiger partial charge on any atom is 0.227 e. The minimum absolute atomic E-state index is 0.00546. The zero-order valence-electron chi connectivity index (χ0n) is 15.3. The fourth-order valence-corrected chi connectivity index (χ4v) is 4.01. The molecule has 1 amide bonds. The number of benzene rings is 2. The van der Waals surface area contributed by atoms with Gasteiger partial charge in [-0.3, -0.25) is 4.79 Å². The molecule has 2 aromatic rings. The normalized spacial score (nSPS) is 18.1. The number of rotatable bonds is 5. The second-order valence-corrected chi connectivity index (χ2v) is 7.84. The van der Waals surface area contributed by atoms with Crippen LogP contribution in [-0.4, -0.2) is 35.5 Å². The Bertz CT molecular complexity index is 807. The third-order valence-corrected chi connectivity index (χ3v) is 5.83. The third-order valence-electron chi connectivity index (χ3n) is 5.09. The number of piperidine rings is 1. The van der Waals surface area contributed by atoms with Crippen LogP contribution in [-0.2, 0) is 11.2 Å². The van der Waals surface area contributed by atoms with Crippen molar-refractivity contribution in [1.82, 2.24) is 10.2 Å². The van der Waals surface area contributed by atoms with Crippen molar-refractivity contribution in [2.75, 3.05) is 13.6 Å². The Labute approximate surface area is 170 Å². The van der Waals surface area contributed by atoms with E-state index in [1.165, 1.54) is 0 Å². The predicted molar refractivity (Wildman–Crippen MR) is 109 cm³/mol. The molecule has 144 valence electrons. The molecule has 2 aromatic carbocycles. The number of phenols is 1. The van der Waals surface area contributed by atoms with E-state index in [9.17, 15) is 9.90 Å². The number of nitrogens with zero attached hydrogens (tertiary/aromatic N) is 1. The molecule has 1 heterocycles. The number of phenolic OH excluding ortho intramolecular Hbond substituents is 1. The summed E-state index contributed by atoms with van der Waals surface area (Å²) >= 11 is 12.0. The lowest BCUT2D eigenvalue weighted by Crippen LogP contribution is -2.47. The van der Waals surface area contributed by atoms with E-state index in [0.717, 1.165) is 36.9 Å². The molecule has 1 aliphatic rings. The van der Waals surface area contributed by atoms with Gasteiger partial charge < -0.3 is 15.3 Å². The molecule has 1 aliphatic heterocycles. The molecular formula is C21H24Cl2N2O2. The Morgan fingerprint density at radius 1 is 1.22 bits per heavy atom. The molecule has 0 saturated carbocycles. The molecule has 4 nitrogen and oxygen atoms in total. The number of hydrogen-bond acceptors (Lipinski definition) is 3. The van der Waals surface area contributed by atoms with Crippen LogP contribution in [0.4, 0.5) is 0 Å². The first-order valence-electron chi connectivity index (χ1n) is 9.17. The van der Waals surface area contributed by atoms with E-state index >= 15 is 0 Å². The molecule has 2 atom stereocenters. The van der Waals surface area contributed by atoms with Gasteiger partial charge in [-0.15, -0.1) is 0 Å². The van der Waals surface area contributed by atoms with Crippen LogP contribution >= 0.6 is 23.2 Å². The highest BCUT2D eigenvalue weighted by atomic mass is 35.5. The van der Waals surface area contributed by atoms with Crippen LogP contribution in [0.2, 0.25) is 10.0 Å². The number of aromatic hydroxyl groups is 1. The summed E-state index contributed by atoms with van der Waals surface area (Å²) in [6.07, 6.45) is 3.51. The summed E-state index contributed by atoms with van der Waals surface area (Å²) in [6.45, 7) is 0.939. The lowest BCUT2D eigenvalue weighted by atomic mass is 9.91. The van der Waals surface area contributed by atoms with Crippen molar-refractivity contribution in [3.05, 3.63) is 63.6 Å². The maximum absolute atomic E-state index is 13.0. The molecule has 1 fully saturated rings. The Morgan fingerprint density at radius 2 is 2.04 bits per heavy atom. The molecule has 3 rings (SSSR count). The topological polar surface area (TPSA) is 52.6 Å². The van der Waals surface area contributed by atoms with Crippen molar-refractivity contribution in [3.8, 4) is 5.75 Å². The van der Waals surface area contributed by atoms with Crippen LogP contribution < -0.4 is 5.32 Å². The lowest BCUT2D eigenvalue weighted by Gasteiger charge is -2.38. The first-order chi connectivity index (χ1) is 13.0. The zero-order chi connectivity index (χ0) is 19.4. The first kappa shape index (κ1) is 20.0. The zero-order valence-corrected chi connectivity index (χ0v) is 16.8. The van der Waals surface area contributed by atoms with E-state index < -0.39 is 0 Å². The molecule has 0 aliphatic carbocycles. The Balaban J connectivity index is 1.83. The summed E-state index contributed by atoms with van der Waals surface area (Å²) in [5.74, 6) is 0.202. The molecule has 0 bridgehead atoms. The van der Waals surface area contributed by atoms with Crippen molar-refractivity contribution in [2.45, 2.75) is 37.8 Å². The van der Waals surface area contributed by atoms with Gasteiger partial charge >= 0.3 is 0 Å². The van der Waals surface area contributed by atoms with Gasteiger partial charge in [-0.2, -0.15) is 0 Å². The van der Waals surface area contributed by atoms with Crippen molar-refractivity contribution in [3.63, 3.8) is 0 Å². The average molecular weight is 407 g/mol. The minimum atomic E-state index is -0.146. The van der Waals surface area contributed by atoms with Gasteiger partial charge in [-0.1, -0.05) is 47.8 Å². The van der Waals surface area contributed by atoms with Crippen LogP contribution in [0.5, 0.6) is 5.75 Å². The second-order valence-electron chi connectivity index (χ2n) is 7.03.